The summed E-state index contributed by atoms with van der Waals surface area (Å²) in [6.07, 6.45) is 0. The molecule has 0 spiro atoms. The number of amides is 1. The predicted octanol–water partition coefficient (Wildman–Crippen LogP) is 2.59. The number of aromatic nitrogens is 1. The molecule has 1 aromatic heterocycles. The van der Waals surface area contributed by atoms with E-state index in [-0.39, 0.29) is 24.2 Å². The van der Waals surface area contributed by atoms with Crippen molar-refractivity contribution in [2.75, 3.05) is 0 Å². The average molecular weight is 309 g/mol. The maximum atomic E-state index is 12.8. The summed E-state index contributed by atoms with van der Waals surface area (Å²) < 4.78 is 18.3. The lowest BCUT2D eigenvalue weighted by Gasteiger charge is -2.03. The molecule has 21 heavy (non-hydrogen) atoms. The molecule has 0 unspecified atom stereocenters. The lowest BCUT2D eigenvalue weighted by molar-refractivity contribution is 0.0956. The minimum absolute atomic E-state index is 0.105. The number of carbonyl (C=O) groups is 1. The summed E-state index contributed by atoms with van der Waals surface area (Å²) in [5.41, 5.74) is 2.81. The first-order chi connectivity index (χ1) is 10.0. The highest BCUT2D eigenvalue weighted by atomic mass is 32.1. The van der Waals surface area contributed by atoms with E-state index in [0.717, 1.165) is 0 Å². The van der Waals surface area contributed by atoms with Gasteiger partial charge in [0.15, 0.2) is 0 Å². The number of rotatable bonds is 5. The van der Waals surface area contributed by atoms with Gasteiger partial charge in [-0.15, -0.1) is 11.3 Å². The van der Waals surface area contributed by atoms with Crippen molar-refractivity contribution < 1.29 is 13.9 Å². The molecule has 0 bridgehead atoms. The second-order valence-electron chi connectivity index (χ2n) is 4.69. The van der Waals surface area contributed by atoms with E-state index in [1.54, 1.807) is 12.1 Å². The van der Waals surface area contributed by atoms with Crippen molar-refractivity contribution in [2.45, 2.75) is 26.4 Å². The second-order valence-corrected chi connectivity index (χ2v) is 5.78. The minimum Gasteiger partial charge on any atom is -0.486 e. The molecule has 1 heterocycles. The molecule has 0 saturated heterocycles. The van der Waals surface area contributed by atoms with Crippen LogP contribution in [0.4, 0.5) is 4.39 Å². The topological polar surface area (TPSA) is 77.2 Å². The number of carbonyl (C=O) groups excluding carboxylic acids is 1. The molecule has 112 valence electrons. The van der Waals surface area contributed by atoms with E-state index in [0.29, 0.717) is 21.3 Å². The third kappa shape index (κ3) is 3.77. The van der Waals surface area contributed by atoms with Crippen LogP contribution in [0.3, 0.4) is 0 Å². The van der Waals surface area contributed by atoms with Crippen molar-refractivity contribution in [1.29, 1.82) is 0 Å². The normalized spacial score (nSPS) is 10.7. The number of nitrogens with one attached hydrogen (secondary N) is 1. The maximum absolute atomic E-state index is 12.8. The molecule has 2 aromatic rings. The summed E-state index contributed by atoms with van der Waals surface area (Å²) in [6, 6.07) is 5.73. The van der Waals surface area contributed by atoms with E-state index in [4.69, 9.17) is 10.6 Å². The Morgan fingerprint density at radius 2 is 2.10 bits per heavy atom. The molecule has 0 aliphatic heterocycles. The monoisotopic (exact) mass is 309 g/mol. The molecule has 5 nitrogen and oxygen atoms in total. The van der Waals surface area contributed by atoms with Crippen molar-refractivity contribution in [3.63, 3.8) is 0 Å². The standard InChI is InChI=1S/C14H16FN3O2S/c1-8(2)12-13(14(19)18-16)21-11(17-12)7-20-10-5-3-9(15)4-6-10/h3-6,8H,7,16H2,1-2H3,(H,18,19). The molecule has 0 atom stereocenters. The van der Waals surface area contributed by atoms with Crippen LogP contribution >= 0.6 is 11.3 Å². The van der Waals surface area contributed by atoms with Crippen molar-refractivity contribution in [3.05, 3.63) is 45.7 Å². The maximum Gasteiger partial charge on any atom is 0.277 e. The third-order valence-corrected chi connectivity index (χ3v) is 3.80. The number of hydrogen-bond donors (Lipinski definition) is 2. The Labute approximate surface area is 125 Å². The van der Waals surface area contributed by atoms with Gasteiger partial charge in [0, 0.05) is 0 Å². The number of ether oxygens (including phenoxy) is 1. The fourth-order valence-electron chi connectivity index (χ4n) is 1.74. The van der Waals surface area contributed by atoms with Gasteiger partial charge in [-0.2, -0.15) is 0 Å². The Morgan fingerprint density at radius 1 is 1.43 bits per heavy atom. The number of nitrogens with zero attached hydrogens (tertiary/aromatic N) is 1. The fraction of sp³-hybridized carbons (Fsp3) is 0.286. The summed E-state index contributed by atoms with van der Waals surface area (Å²) in [6.45, 7) is 4.12. The highest BCUT2D eigenvalue weighted by Crippen LogP contribution is 2.26. The summed E-state index contributed by atoms with van der Waals surface area (Å²) in [5, 5.41) is 0.668. The lowest BCUT2D eigenvalue weighted by atomic mass is 10.1. The predicted molar refractivity (Wildman–Crippen MR) is 78.6 cm³/mol. The summed E-state index contributed by atoms with van der Waals surface area (Å²) in [4.78, 5) is 16.6. The highest BCUT2D eigenvalue weighted by molar-refractivity contribution is 7.13. The van der Waals surface area contributed by atoms with Gasteiger partial charge in [-0.05, 0) is 30.2 Å². The van der Waals surface area contributed by atoms with Crippen molar-refractivity contribution in [3.8, 4) is 5.75 Å². The molecule has 0 radical (unpaired) electrons. The van der Waals surface area contributed by atoms with E-state index in [1.807, 2.05) is 13.8 Å². The zero-order valence-electron chi connectivity index (χ0n) is 11.7. The van der Waals surface area contributed by atoms with Gasteiger partial charge in [-0.1, -0.05) is 13.8 Å². The smallest absolute Gasteiger partial charge is 0.277 e. The Kier molecular flexibility index (Phi) is 4.87. The zero-order chi connectivity index (χ0) is 15.4. The number of nitrogen functional groups attached to an aromatic ring is 1. The van der Waals surface area contributed by atoms with Crippen LogP contribution in [0.1, 0.15) is 40.1 Å². The second kappa shape index (κ2) is 6.64. The molecule has 0 fully saturated rings. The van der Waals surface area contributed by atoms with E-state index in [2.05, 4.69) is 10.4 Å². The Balaban J connectivity index is 2.13. The molecule has 0 saturated carbocycles. The van der Waals surface area contributed by atoms with E-state index < -0.39 is 0 Å². The van der Waals surface area contributed by atoms with Gasteiger partial charge in [-0.25, -0.2) is 15.2 Å². The summed E-state index contributed by atoms with van der Waals surface area (Å²) >= 11 is 1.24. The lowest BCUT2D eigenvalue weighted by Crippen LogP contribution is -2.30. The highest BCUT2D eigenvalue weighted by Gasteiger charge is 2.19. The van der Waals surface area contributed by atoms with Crippen molar-refractivity contribution in [2.24, 2.45) is 5.84 Å². The van der Waals surface area contributed by atoms with Gasteiger partial charge in [0.2, 0.25) is 0 Å². The zero-order valence-corrected chi connectivity index (χ0v) is 12.5. The molecular formula is C14H16FN3O2S. The third-order valence-electron chi connectivity index (χ3n) is 2.76. The van der Waals surface area contributed by atoms with Crippen LogP contribution in [0.15, 0.2) is 24.3 Å². The number of hydrazine groups is 1. The molecule has 0 aliphatic carbocycles. The van der Waals surface area contributed by atoms with Crippen molar-refractivity contribution >= 4 is 17.2 Å². The number of benzene rings is 1. The number of thiazole rings is 1. The largest absolute Gasteiger partial charge is 0.486 e. The first-order valence-corrected chi connectivity index (χ1v) is 7.21. The van der Waals surface area contributed by atoms with Gasteiger partial charge < -0.3 is 4.74 Å². The Morgan fingerprint density at radius 3 is 2.67 bits per heavy atom. The van der Waals surface area contributed by atoms with Crippen LogP contribution in [0, 0.1) is 5.82 Å². The molecule has 2 rings (SSSR count). The van der Waals surface area contributed by atoms with Crippen LogP contribution in [-0.4, -0.2) is 10.9 Å². The summed E-state index contributed by atoms with van der Waals surface area (Å²) in [7, 11) is 0. The first kappa shape index (κ1) is 15.4. The Hall–Kier alpha value is -1.99. The molecule has 0 aliphatic rings. The van der Waals surface area contributed by atoms with E-state index in [9.17, 15) is 9.18 Å². The Bertz CT molecular complexity index is 626. The first-order valence-electron chi connectivity index (χ1n) is 6.40. The fourth-order valence-corrected chi connectivity index (χ4v) is 2.77. The van der Waals surface area contributed by atoms with Gasteiger partial charge >= 0.3 is 0 Å². The molecule has 1 aromatic carbocycles. The number of halogens is 1. The van der Waals surface area contributed by atoms with Gasteiger partial charge in [-0.3, -0.25) is 10.2 Å². The van der Waals surface area contributed by atoms with E-state index in [1.165, 1.54) is 23.5 Å². The van der Waals surface area contributed by atoms with E-state index >= 15 is 0 Å². The van der Waals surface area contributed by atoms with Gasteiger partial charge in [0.1, 0.15) is 28.1 Å². The number of hydrogen-bond acceptors (Lipinski definition) is 5. The number of nitrogens with two attached hydrogens (primary N) is 1. The van der Waals surface area contributed by atoms with Gasteiger partial charge in [0.05, 0.1) is 5.69 Å². The minimum atomic E-state index is -0.357. The van der Waals surface area contributed by atoms with Crippen LogP contribution < -0.4 is 16.0 Å². The van der Waals surface area contributed by atoms with Gasteiger partial charge in [0.25, 0.3) is 5.91 Å². The van der Waals surface area contributed by atoms with Crippen LogP contribution in [0.5, 0.6) is 5.75 Å². The SMILES string of the molecule is CC(C)c1nc(COc2ccc(F)cc2)sc1C(=O)NN. The van der Waals surface area contributed by atoms with Crippen molar-refractivity contribution in [1.82, 2.24) is 10.4 Å². The van der Waals surface area contributed by atoms with Crippen LogP contribution in [0.2, 0.25) is 0 Å². The molecular weight excluding hydrogens is 293 g/mol. The average Bonchev–Trinajstić information content (AvgIpc) is 2.90. The summed E-state index contributed by atoms with van der Waals surface area (Å²) in [5.74, 6) is 5.15. The molecule has 7 heteroatoms. The molecule has 1 amide bonds. The van der Waals surface area contributed by atoms with Crippen LogP contribution in [-0.2, 0) is 6.61 Å². The van der Waals surface area contributed by atoms with Crippen LogP contribution in [0.25, 0.3) is 0 Å². The molecule has 3 N–H and O–H groups in total. The quantitative estimate of drug-likeness (QED) is 0.505.